The Hall–Kier alpha value is -3.11. The van der Waals surface area contributed by atoms with Gasteiger partial charge in [-0.15, -0.1) is 0 Å². The van der Waals surface area contributed by atoms with Crippen molar-refractivity contribution in [2.75, 3.05) is 37.4 Å². The molecule has 2 aromatic rings. The van der Waals surface area contributed by atoms with E-state index in [-0.39, 0.29) is 34.1 Å². The van der Waals surface area contributed by atoms with Crippen LogP contribution in [0, 0.1) is 11.8 Å². The smallest absolute Gasteiger partial charge is 0.319 e. The normalized spacial score (nSPS) is 18.7. The highest BCUT2D eigenvalue weighted by atomic mass is 32.2. The fraction of sp³-hybridized carbons (Fsp3) is 0.417. The number of amides is 3. The van der Waals surface area contributed by atoms with Gasteiger partial charge in [0.2, 0.25) is 10.0 Å². The molecule has 1 heterocycles. The van der Waals surface area contributed by atoms with Gasteiger partial charge < -0.3 is 20.7 Å². The average Bonchev–Trinajstić information content (AvgIpc) is 2.78. The van der Waals surface area contributed by atoms with E-state index in [0.29, 0.717) is 31.0 Å². The van der Waals surface area contributed by atoms with Gasteiger partial charge in [-0.1, -0.05) is 19.9 Å². The Morgan fingerprint density at radius 1 is 1.03 bits per heavy atom. The lowest BCUT2D eigenvalue weighted by Gasteiger charge is -2.34. The Kier molecular flexibility index (Phi) is 8.16. The third-order valence-electron chi connectivity index (χ3n) is 5.59. The van der Waals surface area contributed by atoms with E-state index in [9.17, 15) is 18.0 Å². The fourth-order valence-corrected chi connectivity index (χ4v) is 6.04. The minimum atomic E-state index is -3.85. The predicted molar refractivity (Wildman–Crippen MR) is 132 cm³/mol. The quantitative estimate of drug-likeness (QED) is 0.549. The third-order valence-corrected chi connectivity index (χ3v) is 7.45. The van der Waals surface area contributed by atoms with Crippen molar-refractivity contribution in [3.8, 4) is 5.75 Å². The molecule has 9 nitrogen and oxygen atoms in total. The van der Waals surface area contributed by atoms with Crippen LogP contribution in [0.4, 0.5) is 16.2 Å². The Bertz CT molecular complexity index is 1140. The van der Waals surface area contributed by atoms with Crippen LogP contribution >= 0.6 is 0 Å². The molecule has 34 heavy (non-hydrogen) atoms. The summed E-state index contributed by atoms with van der Waals surface area (Å²) in [5.41, 5.74) is 1.15. The largest absolute Gasteiger partial charge is 0.495 e. The molecule has 0 radical (unpaired) electrons. The predicted octanol–water partition coefficient (Wildman–Crippen LogP) is 3.76. The maximum Gasteiger partial charge on any atom is 0.319 e. The number of nitrogens with zero attached hydrogens (tertiary/aromatic N) is 1. The second kappa shape index (κ2) is 10.9. The SMILES string of the molecule is CCNC(=O)Nc1cccc(NC(=O)c2ccc(OC)c(S(=O)(=O)N3CC(C)CC(C)C3)c2)c1. The first-order valence-corrected chi connectivity index (χ1v) is 12.7. The number of carbonyl (C=O) groups is 2. The summed E-state index contributed by atoms with van der Waals surface area (Å²) in [4.78, 5) is 24.7. The van der Waals surface area contributed by atoms with Gasteiger partial charge in [0.1, 0.15) is 10.6 Å². The molecule has 1 fully saturated rings. The molecule has 0 bridgehead atoms. The third kappa shape index (κ3) is 6.06. The van der Waals surface area contributed by atoms with Crippen LogP contribution in [0.1, 0.15) is 37.6 Å². The number of nitrogens with one attached hydrogen (secondary N) is 3. The topological polar surface area (TPSA) is 117 Å². The zero-order valence-corrected chi connectivity index (χ0v) is 20.7. The molecular weight excluding hydrogens is 456 g/mol. The van der Waals surface area contributed by atoms with Crippen molar-refractivity contribution in [2.45, 2.75) is 32.1 Å². The highest BCUT2D eigenvalue weighted by Crippen LogP contribution is 2.32. The van der Waals surface area contributed by atoms with Crippen LogP contribution in [-0.4, -0.2) is 51.4 Å². The summed E-state index contributed by atoms with van der Waals surface area (Å²) in [6.07, 6.45) is 0.972. The first-order valence-electron chi connectivity index (χ1n) is 11.3. The lowest BCUT2D eigenvalue weighted by atomic mass is 9.94. The van der Waals surface area contributed by atoms with E-state index in [1.807, 2.05) is 20.8 Å². The molecule has 2 aromatic carbocycles. The second-order valence-electron chi connectivity index (χ2n) is 8.65. The van der Waals surface area contributed by atoms with Gasteiger partial charge in [0.15, 0.2) is 0 Å². The first kappa shape index (κ1) is 25.5. The summed E-state index contributed by atoms with van der Waals surface area (Å²) in [5.74, 6) is 0.206. The van der Waals surface area contributed by atoms with E-state index < -0.39 is 15.9 Å². The van der Waals surface area contributed by atoms with Crippen LogP contribution < -0.4 is 20.7 Å². The molecule has 3 amide bonds. The maximum absolute atomic E-state index is 13.5. The van der Waals surface area contributed by atoms with Crippen LogP contribution in [-0.2, 0) is 10.0 Å². The molecule has 0 aromatic heterocycles. The molecule has 3 rings (SSSR count). The summed E-state index contributed by atoms with van der Waals surface area (Å²) < 4.78 is 33.7. The standard InChI is InChI=1S/C24H32N4O5S/c1-5-25-24(30)27-20-8-6-7-19(13-20)26-23(29)18-9-10-21(33-4)22(12-18)34(31,32)28-14-16(2)11-17(3)15-28/h6-10,12-13,16-17H,5,11,14-15H2,1-4H3,(H,26,29)(H2,25,27,30). The Balaban J connectivity index is 1.84. The summed E-state index contributed by atoms with van der Waals surface area (Å²) >= 11 is 0. The number of ether oxygens (including phenoxy) is 1. The molecule has 0 aliphatic carbocycles. The van der Waals surface area contributed by atoms with Crippen molar-refractivity contribution >= 4 is 33.3 Å². The van der Waals surface area contributed by atoms with Crippen LogP contribution in [0.5, 0.6) is 5.75 Å². The molecule has 2 unspecified atom stereocenters. The lowest BCUT2D eigenvalue weighted by molar-refractivity contribution is 0.102. The number of anilines is 2. The Morgan fingerprint density at radius 3 is 2.29 bits per heavy atom. The number of hydrogen-bond acceptors (Lipinski definition) is 5. The lowest BCUT2D eigenvalue weighted by Crippen LogP contribution is -2.42. The van der Waals surface area contributed by atoms with Gasteiger partial charge in [-0.3, -0.25) is 4.79 Å². The molecule has 2 atom stereocenters. The monoisotopic (exact) mass is 488 g/mol. The van der Waals surface area contributed by atoms with E-state index in [0.717, 1.165) is 6.42 Å². The average molecular weight is 489 g/mol. The van der Waals surface area contributed by atoms with Gasteiger partial charge in [-0.2, -0.15) is 4.31 Å². The van der Waals surface area contributed by atoms with Crippen molar-refractivity contribution in [2.24, 2.45) is 11.8 Å². The van der Waals surface area contributed by atoms with Gasteiger partial charge in [-0.25, -0.2) is 13.2 Å². The molecule has 184 valence electrons. The first-order chi connectivity index (χ1) is 16.1. The molecule has 1 aliphatic rings. The van der Waals surface area contributed by atoms with Gasteiger partial charge in [0.25, 0.3) is 5.91 Å². The maximum atomic E-state index is 13.5. The Morgan fingerprint density at radius 2 is 1.68 bits per heavy atom. The Labute approximate surface area is 200 Å². The molecule has 0 saturated carbocycles. The minimum absolute atomic E-state index is 0.0318. The highest BCUT2D eigenvalue weighted by molar-refractivity contribution is 7.89. The molecule has 3 N–H and O–H groups in total. The van der Waals surface area contributed by atoms with E-state index in [1.54, 1.807) is 24.3 Å². The summed E-state index contributed by atoms with van der Waals surface area (Å²) in [6.45, 7) is 7.23. The van der Waals surface area contributed by atoms with Crippen molar-refractivity contribution in [3.05, 3.63) is 48.0 Å². The molecule has 1 aliphatic heterocycles. The zero-order valence-electron chi connectivity index (χ0n) is 19.9. The van der Waals surface area contributed by atoms with E-state index in [1.165, 1.54) is 29.6 Å². The number of urea groups is 1. The number of hydrogen-bond donors (Lipinski definition) is 3. The zero-order chi connectivity index (χ0) is 24.9. The summed E-state index contributed by atoms with van der Waals surface area (Å²) in [7, 11) is -2.45. The van der Waals surface area contributed by atoms with E-state index in [4.69, 9.17) is 4.74 Å². The second-order valence-corrected chi connectivity index (χ2v) is 10.6. The number of piperidine rings is 1. The van der Waals surface area contributed by atoms with Gasteiger partial charge in [0, 0.05) is 36.6 Å². The van der Waals surface area contributed by atoms with Crippen LogP contribution in [0.2, 0.25) is 0 Å². The fourth-order valence-electron chi connectivity index (χ4n) is 4.17. The number of benzene rings is 2. The molecule has 10 heteroatoms. The minimum Gasteiger partial charge on any atom is -0.495 e. The highest BCUT2D eigenvalue weighted by Gasteiger charge is 2.34. The molecule has 1 saturated heterocycles. The van der Waals surface area contributed by atoms with Crippen LogP contribution in [0.15, 0.2) is 47.4 Å². The van der Waals surface area contributed by atoms with Crippen molar-refractivity contribution in [1.82, 2.24) is 9.62 Å². The van der Waals surface area contributed by atoms with E-state index in [2.05, 4.69) is 16.0 Å². The number of rotatable bonds is 7. The number of carbonyl (C=O) groups excluding carboxylic acids is 2. The summed E-state index contributed by atoms with van der Waals surface area (Å²) in [6, 6.07) is 10.7. The summed E-state index contributed by atoms with van der Waals surface area (Å²) in [5, 5.41) is 8.07. The molecular formula is C24H32N4O5S. The molecule has 0 spiro atoms. The van der Waals surface area contributed by atoms with Crippen molar-refractivity contribution in [3.63, 3.8) is 0 Å². The van der Waals surface area contributed by atoms with Crippen molar-refractivity contribution in [1.29, 1.82) is 0 Å². The van der Waals surface area contributed by atoms with Gasteiger partial charge in [0.05, 0.1) is 7.11 Å². The van der Waals surface area contributed by atoms with Gasteiger partial charge in [-0.05, 0) is 61.6 Å². The van der Waals surface area contributed by atoms with Crippen LogP contribution in [0.25, 0.3) is 0 Å². The number of methoxy groups -OCH3 is 1. The van der Waals surface area contributed by atoms with Crippen molar-refractivity contribution < 1.29 is 22.7 Å². The van der Waals surface area contributed by atoms with Gasteiger partial charge >= 0.3 is 6.03 Å². The number of sulfonamides is 1. The van der Waals surface area contributed by atoms with E-state index >= 15 is 0 Å². The van der Waals surface area contributed by atoms with Crippen LogP contribution in [0.3, 0.4) is 0 Å².